The number of carbonyl (C=O) groups excluding carboxylic acids is 3. The molecule has 2 fully saturated rings. The fourth-order valence-electron chi connectivity index (χ4n) is 6.78. The molecule has 0 unspecified atom stereocenters. The highest BCUT2D eigenvalue weighted by molar-refractivity contribution is 6.12. The first-order chi connectivity index (χ1) is 21.1. The molecule has 1 aliphatic heterocycles. The summed E-state index contributed by atoms with van der Waals surface area (Å²) in [5.41, 5.74) is 0.101. The number of amides is 3. The Hall–Kier alpha value is -4.72. The molecule has 2 heterocycles. The van der Waals surface area contributed by atoms with Crippen LogP contribution in [0.1, 0.15) is 61.6 Å². The summed E-state index contributed by atoms with van der Waals surface area (Å²) >= 11 is 0. The van der Waals surface area contributed by atoms with Gasteiger partial charge in [-0.3, -0.25) is 24.2 Å². The molecule has 0 radical (unpaired) electrons. The zero-order valence-corrected chi connectivity index (χ0v) is 23.8. The second-order valence-electron chi connectivity index (χ2n) is 11.6. The summed E-state index contributed by atoms with van der Waals surface area (Å²) in [7, 11) is 0. The SMILES string of the molecule is N#Cc1ccnc(N2C(=O)CC[C@H]2C(=O)N(c2cccc(F)c2)[C@]2(C(=O)NC3CCC(F)(F)CC3)CCc3ccccc32)c1. The molecule has 3 aromatic rings. The van der Waals surface area contributed by atoms with Crippen molar-refractivity contribution in [3.05, 3.63) is 89.4 Å². The molecule has 3 amide bonds. The lowest BCUT2D eigenvalue weighted by molar-refractivity contribution is -0.132. The van der Waals surface area contributed by atoms with E-state index in [-0.39, 0.29) is 67.9 Å². The number of fused-ring (bicyclic) bond motifs is 1. The number of nitrogens with one attached hydrogen (secondary N) is 1. The molecule has 8 nitrogen and oxygen atoms in total. The molecule has 2 aliphatic carbocycles. The fourth-order valence-corrected chi connectivity index (χ4v) is 6.78. The molecule has 44 heavy (non-hydrogen) atoms. The van der Waals surface area contributed by atoms with E-state index >= 15 is 0 Å². The van der Waals surface area contributed by atoms with Gasteiger partial charge in [-0.25, -0.2) is 18.2 Å². The number of benzene rings is 2. The van der Waals surface area contributed by atoms with Crippen LogP contribution < -0.4 is 15.1 Å². The predicted molar refractivity (Wildman–Crippen MR) is 155 cm³/mol. The van der Waals surface area contributed by atoms with Gasteiger partial charge >= 0.3 is 0 Å². The van der Waals surface area contributed by atoms with Gasteiger partial charge in [-0.2, -0.15) is 5.26 Å². The number of hydrogen-bond acceptors (Lipinski definition) is 5. The third-order valence-electron chi connectivity index (χ3n) is 8.93. The standard InChI is InChI=1S/C33H30F3N5O3/c34-23-5-3-6-25(19-23)41(30(43)27-8-9-29(42)40(27)28-18-21(20-37)13-17-38-28)33(16-10-22-4-1-2-7-26(22)33)31(44)39-24-11-14-32(35,36)15-12-24/h1-7,13,17-19,24,27H,8-12,14-16H2,(H,39,44)/t27-,33+/m0/s1. The fraction of sp³-hybridized carbons (Fsp3) is 0.364. The number of anilines is 2. The van der Waals surface area contributed by atoms with Crippen molar-refractivity contribution in [1.82, 2.24) is 10.3 Å². The maximum atomic E-state index is 14.9. The third kappa shape index (κ3) is 5.19. The summed E-state index contributed by atoms with van der Waals surface area (Å²) in [6.45, 7) is 0. The Morgan fingerprint density at radius 1 is 1.00 bits per heavy atom. The summed E-state index contributed by atoms with van der Waals surface area (Å²) in [5.74, 6) is -4.84. The number of nitrogens with zero attached hydrogens (tertiary/aromatic N) is 4. The smallest absolute Gasteiger partial charge is 0.251 e. The van der Waals surface area contributed by atoms with E-state index in [9.17, 15) is 32.8 Å². The largest absolute Gasteiger partial charge is 0.351 e. The number of hydrogen-bond donors (Lipinski definition) is 1. The molecule has 2 aromatic carbocycles. The van der Waals surface area contributed by atoms with Crippen molar-refractivity contribution in [2.45, 2.75) is 74.9 Å². The average molecular weight is 602 g/mol. The van der Waals surface area contributed by atoms with Crippen molar-refractivity contribution in [3.8, 4) is 6.07 Å². The minimum atomic E-state index is -2.79. The number of pyridine rings is 1. The summed E-state index contributed by atoms with van der Waals surface area (Å²) in [6.07, 6.45) is 1.55. The molecule has 3 aliphatic rings. The Morgan fingerprint density at radius 2 is 1.77 bits per heavy atom. The second-order valence-corrected chi connectivity index (χ2v) is 11.6. The van der Waals surface area contributed by atoms with Gasteiger partial charge in [-0.1, -0.05) is 30.3 Å². The molecule has 1 saturated heterocycles. The number of aromatic nitrogens is 1. The number of nitriles is 1. The average Bonchev–Trinajstić information content (AvgIpc) is 3.60. The molecule has 2 atom stereocenters. The van der Waals surface area contributed by atoms with Gasteiger partial charge in [0, 0.05) is 37.2 Å². The number of rotatable bonds is 6. The minimum absolute atomic E-state index is 0.0257. The Kier molecular flexibility index (Phi) is 7.61. The van der Waals surface area contributed by atoms with Crippen LogP contribution in [-0.4, -0.2) is 40.7 Å². The highest BCUT2D eigenvalue weighted by Crippen LogP contribution is 2.46. The quantitative estimate of drug-likeness (QED) is 0.421. The van der Waals surface area contributed by atoms with E-state index in [2.05, 4.69) is 10.3 Å². The predicted octanol–water partition coefficient (Wildman–Crippen LogP) is 5.16. The Balaban J connectivity index is 1.47. The van der Waals surface area contributed by atoms with Crippen LogP contribution in [0.25, 0.3) is 0 Å². The Bertz CT molecular complexity index is 1660. The van der Waals surface area contributed by atoms with Gasteiger partial charge in [0.05, 0.1) is 11.6 Å². The number of aryl methyl sites for hydroxylation is 1. The van der Waals surface area contributed by atoms with Crippen LogP contribution in [0.4, 0.5) is 24.7 Å². The number of halogens is 3. The number of carbonyl (C=O) groups is 3. The van der Waals surface area contributed by atoms with Crippen molar-refractivity contribution < 1.29 is 27.6 Å². The zero-order chi connectivity index (χ0) is 31.1. The van der Waals surface area contributed by atoms with E-state index in [4.69, 9.17) is 0 Å². The van der Waals surface area contributed by atoms with Crippen LogP contribution in [0, 0.1) is 17.1 Å². The highest BCUT2D eigenvalue weighted by Gasteiger charge is 2.55. The van der Waals surface area contributed by atoms with Gasteiger partial charge in [0.15, 0.2) is 5.54 Å². The van der Waals surface area contributed by atoms with Gasteiger partial charge in [0.1, 0.15) is 17.7 Å². The highest BCUT2D eigenvalue weighted by atomic mass is 19.3. The maximum Gasteiger partial charge on any atom is 0.251 e. The molecule has 0 spiro atoms. The molecule has 1 N–H and O–H groups in total. The zero-order valence-electron chi connectivity index (χ0n) is 23.8. The van der Waals surface area contributed by atoms with Crippen LogP contribution >= 0.6 is 0 Å². The van der Waals surface area contributed by atoms with E-state index in [1.54, 1.807) is 12.1 Å². The maximum absolute atomic E-state index is 14.9. The third-order valence-corrected chi connectivity index (χ3v) is 8.93. The lowest BCUT2D eigenvalue weighted by Crippen LogP contribution is -2.62. The van der Waals surface area contributed by atoms with E-state index < -0.39 is 41.2 Å². The van der Waals surface area contributed by atoms with E-state index in [1.807, 2.05) is 18.2 Å². The minimum Gasteiger partial charge on any atom is -0.351 e. The molecule has 1 saturated carbocycles. The normalized spacial score (nSPS) is 22.7. The van der Waals surface area contributed by atoms with Crippen molar-refractivity contribution >= 4 is 29.2 Å². The van der Waals surface area contributed by atoms with Gasteiger partial charge in [-0.15, -0.1) is 0 Å². The van der Waals surface area contributed by atoms with E-state index in [1.165, 1.54) is 52.4 Å². The molecular weight excluding hydrogens is 571 g/mol. The first-order valence-corrected chi connectivity index (χ1v) is 14.7. The van der Waals surface area contributed by atoms with Crippen LogP contribution in [0.5, 0.6) is 0 Å². The monoisotopic (exact) mass is 601 g/mol. The first-order valence-electron chi connectivity index (χ1n) is 14.7. The Morgan fingerprint density at radius 3 is 2.52 bits per heavy atom. The van der Waals surface area contributed by atoms with Gasteiger partial charge < -0.3 is 5.32 Å². The lowest BCUT2D eigenvalue weighted by atomic mass is 9.85. The summed E-state index contributed by atoms with van der Waals surface area (Å²) < 4.78 is 42.7. The van der Waals surface area contributed by atoms with Gasteiger partial charge in [0.2, 0.25) is 11.8 Å². The van der Waals surface area contributed by atoms with Crippen LogP contribution in [0.3, 0.4) is 0 Å². The van der Waals surface area contributed by atoms with Crippen LogP contribution in [0.2, 0.25) is 0 Å². The van der Waals surface area contributed by atoms with Crippen molar-refractivity contribution in [2.24, 2.45) is 0 Å². The summed E-state index contributed by atoms with van der Waals surface area (Å²) in [6, 6.07) is 15.9. The van der Waals surface area contributed by atoms with Crippen LogP contribution in [-0.2, 0) is 26.3 Å². The second kappa shape index (κ2) is 11.4. The summed E-state index contributed by atoms with van der Waals surface area (Å²) in [5, 5.41) is 12.4. The first kappa shape index (κ1) is 29.4. The molecular formula is C33H30F3N5O3. The van der Waals surface area contributed by atoms with Crippen LogP contribution in [0.15, 0.2) is 66.9 Å². The van der Waals surface area contributed by atoms with Crippen molar-refractivity contribution in [1.29, 1.82) is 5.26 Å². The lowest BCUT2D eigenvalue weighted by Gasteiger charge is -2.44. The van der Waals surface area contributed by atoms with Gasteiger partial charge in [-0.05, 0) is 73.6 Å². The molecule has 6 rings (SSSR count). The number of alkyl halides is 2. The van der Waals surface area contributed by atoms with E-state index in [0.717, 1.165) is 5.56 Å². The Labute approximate surface area is 252 Å². The molecule has 0 bridgehead atoms. The summed E-state index contributed by atoms with van der Waals surface area (Å²) in [4.78, 5) is 49.4. The molecule has 226 valence electrons. The van der Waals surface area contributed by atoms with E-state index in [0.29, 0.717) is 12.0 Å². The topological polar surface area (TPSA) is 106 Å². The van der Waals surface area contributed by atoms with Crippen molar-refractivity contribution in [2.75, 3.05) is 9.80 Å². The molecule has 1 aromatic heterocycles. The molecule has 11 heteroatoms. The van der Waals surface area contributed by atoms with Crippen molar-refractivity contribution in [3.63, 3.8) is 0 Å². The van der Waals surface area contributed by atoms with Gasteiger partial charge in [0.25, 0.3) is 11.8 Å².